The van der Waals surface area contributed by atoms with Crippen LogP contribution in [0.5, 0.6) is 0 Å². The number of nitrogens with zero attached hydrogens (tertiary/aromatic N) is 3. The topological polar surface area (TPSA) is 48.3 Å². The Balaban J connectivity index is 2.48. The fraction of sp³-hybridized carbons (Fsp3) is 0.714. The van der Waals surface area contributed by atoms with Crippen molar-refractivity contribution >= 4 is 18.2 Å². The van der Waals surface area contributed by atoms with Gasteiger partial charge < -0.3 is 14.3 Å². The molecule has 0 saturated carbocycles. The van der Waals surface area contributed by atoms with Gasteiger partial charge in [0.25, 0.3) is 4.84 Å². The number of hydrogen-bond acceptors (Lipinski definition) is 5. The molecule has 0 amide bonds. The van der Waals surface area contributed by atoms with Gasteiger partial charge in [0.2, 0.25) is 5.95 Å². The second-order valence-corrected chi connectivity index (χ2v) is 3.51. The molecule has 0 unspecified atom stereocenters. The third kappa shape index (κ3) is 3.16. The van der Waals surface area contributed by atoms with E-state index < -0.39 is 0 Å². The number of likely N-dealkylation sites (N-methyl/N-ethyl adjacent to an activating group) is 2. The highest BCUT2D eigenvalue weighted by molar-refractivity contribution is 7.71. The second kappa shape index (κ2) is 4.38. The van der Waals surface area contributed by atoms with Gasteiger partial charge in [-0.3, -0.25) is 4.98 Å². The molecule has 1 aromatic heterocycles. The molecule has 1 heterocycles. The van der Waals surface area contributed by atoms with Gasteiger partial charge in [-0.1, -0.05) is 0 Å². The SMILES string of the molecule is CN(C)CCN(C)c1noc(=S)[nH]1. The van der Waals surface area contributed by atoms with E-state index in [9.17, 15) is 0 Å². The highest BCUT2D eigenvalue weighted by Gasteiger charge is 2.04. The fourth-order valence-electron chi connectivity index (χ4n) is 0.843. The minimum Gasteiger partial charge on any atom is -0.342 e. The van der Waals surface area contributed by atoms with Crippen molar-refractivity contribution in [2.24, 2.45) is 0 Å². The predicted molar refractivity (Wildman–Crippen MR) is 53.5 cm³/mol. The molecule has 13 heavy (non-hydrogen) atoms. The van der Waals surface area contributed by atoms with Crippen molar-refractivity contribution in [3.8, 4) is 0 Å². The first-order valence-corrected chi connectivity index (χ1v) is 4.42. The van der Waals surface area contributed by atoms with Gasteiger partial charge in [-0.15, -0.1) is 0 Å². The van der Waals surface area contributed by atoms with Crippen LogP contribution in [0, 0.1) is 4.84 Å². The molecule has 0 atom stereocenters. The van der Waals surface area contributed by atoms with Gasteiger partial charge in [-0.2, -0.15) is 0 Å². The molecule has 0 bridgehead atoms. The lowest BCUT2D eigenvalue weighted by atomic mass is 10.5. The molecule has 0 spiro atoms. The maximum Gasteiger partial charge on any atom is 0.296 e. The number of nitrogens with one attached hydrogen (secondary N) is 1. The lowest BCUT2D eigenvalue weighted by Crippen LogP contribution is -2.29. The van der Waals surface area contributed by atoms with Crippen LogP contribution >= 0.6 is 12.2 Å². The van der Waals surface area contributed by atoms with Crippen LogP contribution in [-0.2, 0) is 0 Å². The fourth-order valence-corrected chi connectivity index (χ4v) is 0.971. The molecule has 0 radical (unpaired) electrons. The summed E-state index contributed by atoms with van der Waals surface area (Å²) < 4.78 is 4.75. The molecule has 0 aliphatic carbocycles. The Hall–Kier alpha value is -0.880. The normalized spacial score (nSPS) is 10.8. The summed E-state index contributed by atoms with van der Waals surface area (Å²) >= 11 is 4.77. The summed E-state index contributed by atoms with van der Waals surface area (Å²) in [5.74, 6) is 0.673. The van der Waals surface area contributed by atoms with E-state index in [4.69, 9.17) is 16.7 Å². The van der Waals surface area contributed by atoms with E-state index in [1.807, 2.05) is 26.0 Å². The molecule has 0 saturated heterocycles. The largest absolute Gasteiger partial charge is 0.342 e. The molecule has 0 aliphatic rings. The predicted octanol–water partition coefficient (Wildman–Crippen LogP) is 0.730. The van der Waals surface area contributed by atoms with Gasteiger partial charge in [-0.25, -0.2) is 0 Å². The minimum absolute atomic E-state index is 0.312. The van der Waals surface area contributed by atoms with Crippen LogP contribution in [0.4, 0.5) is 5.95 Å². The minimum atomic E-state index is 0.312. The van der Waals surface area contributed by atoms with Crippen molar-refractivity contribution in [2.75, 3.05) is 39.1 Å². The smallest absolute Gasteiger partial charge is 0.296 e. The number of aromatic amines is 1. The van der Waals surface area contributed by atoms with Gasteiger partial charge in [0.1, 0.15) is 0 Å². The highest BCUT2D eigenvalue weighted by atomic mass is 32.1. The molecule has 5 nitrogen and oxygen atoms in total. The molecule has 6 heteroatoms. The Morgan fingerprint density at radius 3 is 2.54 bits per heavy atom. The number of H-pyrrole nitrogens is 1. The van der Waals surface area contributed by atoms with Crippen LogP contribution < -0.4 is 4.90 Å². The first-order valence-electron chi connectivity index (χ1n) is 4.01. The summed E-state index contributed by atoms with van der Waals surface area (Å²) in [7, 11) is 5.99. The van der Waals surface area contributed by atoms with Crippen molar-refractivity contribution in [1.29, 1.82) is 0 Å². The molecular weight excluding hydrogens is 188 g/mol. The molecule has 74 valence electrons. The Bertz CT molecular complexity index is 305. The lowest BCUT2D eigenvalue weighted by molar-refractivity contribution is 0.398. The number of aromatic nitrogens is 2. The van der Waals surface area contributed by atoms with Crippen molar-refractivity contribution in [3.05, 3.63) is 4.84 Å². The third-order valence-corrected chi connectivity index (χ3v) is 1.85. The number of rotatable bonds is 4. The van der Waals surface area contributed by atoms with Crippen molar-refractivity contribution in [3.63, 3.8) is 0 Å². The Morgan fingerprint density at radius 1 is 1.38 bits per heavy atom. The molecule has 1 aromatic rings. The monoisotopic (exact) mass is 202 g/mol. The van der Waals surface area contributed by atoms with E-state index in [1.165, 1.54) is 0 Å². The van der Waals surface area contributed by atoms with Gasteiger partial charge in [-0.05, 0) is 31.5 Å². The summed E-state index contributed by atoms with van der Waals surface area (Å²) in [6.45, 7) is 1.84. The maximum atomic E-state index is 4.77. The second-order valence-electron chi connectivity index (χ2n) is 3.14. The van der Waals surface area contributed by atoms with Gasteiger partial charge in [0.15, 0.2) is 0 Å². The standard InChI is InChI=1S/C7H14N4OS/c1-10(2)4-5-11(3)6-8-7(13)12-9-6/h4-5H2,1-3H3,(H,8,9,13). The summed E-state index contributed by atoms with van der Waals surface area (Å²) in [5.41, 5.74) is 0. The molecule has 0 aromatic carbocycles. The van der Waals surface area contributed by atoms with Gasteiger partial charge in [0.05, 0.1) is 0 Å². The summed E-state index contributed by atoms with van der Waals surface area (Å²) in [6, 6.07) is 0. The zero-order valence-electron chi connectivity index (χ0n) is 8.07. The quantitative estimate of drug-likeness (QED) is 0.729. The zero-order valence-corrected chi connectivity index (χ0v) is 8.89. The van der Waals surface area contributed by atoms with Crippen LogP contribution in [0.15, 0.2) is 4.52 Å². The molecular formula is C7H14N4OS. The van der Waals surface area contributed by atoms with E-state index in [1.54, 1.807) is 0 Å². The van der Waals surface area contributed by atoms with Crippen molar-refractivity contribution in [1.82, 2.24) is 15.0 Å². The Labute approximate surface area is 82.3 Å². The van der Waals surface area contributed by atoms with Crippen LogP contribution in [0.25, 0.3) is 0 Å². The first-order chi connectivity index (χ1) is 6.09. The molecule has 1 rings (SSSR count). The van der Waals surface area contributed by atoms with Crippen LogP contribution in [0.2, 0.25) is 0 Å². The molecule has 0 fully saturated rings. The van der Waals surface area contributed by atoms with E-state index in [0.717, 1.165) is 13.1 Å². The van der Waals surface area contributed by atoms with Crippen LogP contribution in [0.1, 0.15) is 0 Å². The maximum absolute atomic E-state index is 4.77. The zero-order chi connectivity index (χ0) is 9.84. The summed E-state index contributed by atoms with van der Waals surface area (Å²) in [6.07, 6.45) is 0. The molecule has 0 aliphatic heterocycles. The van der Waals surface area contributed by atoms with Crippen molar-refractivity contribution in [2.45, 2.75) is 0 Å². The summed E-state index contributed by atoms with van der Waals surface area (Å²) in [5, 5.41) is 3.77. The van der Waals surface area contributed by atoms with Crippen LogP contribution in [0.3, 0.4) is 0 Å². The highest BCUT2D eigenvalue weighted by Crippen LogP contribution is 2.03. The van der Waals surface area contributed by atoms with Gasteiger partial charge >= 0.3 is 0 Å². The Morgan fingerprint density at radius 2 is 2.08 bits per heavy atom. The first kappa shape index (κ1) is 10.2. The van der Waals surface area contributed by atoms with Gasteiger partial charge in [0, 0.05) is 20.1 Å². The summed E-state index contributed by atoms with van der Waals surface area (Å²) in [4.78, 5) is 7.22. The van der Waals surface area contributed by atoms with E-state index in [2.05, 4.69) is 15.0 Å². The van der Waals surface area contributed by atoms with Crippen LogP contribution in [-0.4, -0.2) is 49.3 Å². The Kier molecular flexibility index (Phi) is 3.44. The van der Waals surface area contributed by atoms with E-state index in [-0.39, 0.29) is 0 Å². The van der Waals surface area contributed by atoms with Crippen molar-refractivity contribution < 1.29 is 4.52 Å². The third-order valence-electron chi connectivity index (χ3n) is 1.67. The number of anilines is 1. The number of hydrogen-bond donors (Lipinski definition) is 1. The average molecular weight is 202 g/mol. The van der Waals surface area contributed by atoms with E-state index >= 15 is 0 Å². The lowest BCUT2D eigenvalue weighted by Gasteiger charge is -2.17. The molecule has 1 N–H and O–H groups in total. The van der Waals surface area contributed by atoms with E-state index in [0.29, 0.717) is 10.8 Å². The average Bonchev–Trinajstić information content (AvgIpc) is 2.47.